The van der Waals surface area contributed by atoms with Crippen LogP contribution in [-0.2, 0) is 4.79 Å². The van der Waals surface area contributed by atoms with E-state index >= 15 is 0 Å². The molecule has 2 atom stereocenters. The molecular formula is C13H18ClNO2. The highest BCUT2D eigenvalue weighted by Gasteiger charge is 2.36. The van der Waals surface area contributed by atoms with Crippen LogP contribution in [0.5, 0.6) is 0 Å². The quantitative estimate of drug-likeness (QED) is 0.872. The molecule has 0 aliphatic rings. The lowest BCUT2D eigenvalue weighted by atomic mass is 9.74. The second kappa shape index (κ2) is 5.07. The minimum absolute atomic E-state index is 0.398. The van der Waals surface area contributed by atoms with Crippen LogP contribution in [0.2, 0.25) is 5.02 Å². The molecule has 0 fully saturated rings. The fraction of sp³-hybridized carbons (Fsp3) is 0.462. The number of rotatable bonds is 3. The minimum Gasteiger partial charge on any atom is -0.481 e. The van der Waals surface area contributed by atoms with Crippen molar-refractivity contribution in [1.29, 1.82) is 0 Å². The third-order valence-corrected chi connectivity index (χ3v) is 3.07. The predicted molar refractivity (Wildman–Crippen MR) is 69.0 cm³/mol. The maximum atomic E-state index is 11.3. The lowest BCUT2D eigenvalue weighted by Crippen LogP contribution is -2.37. The first-order valence-corrected chi connectivity index (χ1v) is 5.85. The largest absolute Gasteiger partial charge is 0.481 e. The molecule has 0 saturated carbocycles. The minimum atomic E-state index is -0.875. The summed E-state index contributed by atoms with van der Waals surface area (Å²) in [7, 11) is 0. The number of benzene rings is 1. The fourth-order valence-corrected chi connectivity index (χ4v) is 2.07. The van der Waals surface area contributed by atoms with E-state index in [0.29, 0.717) is 5.02 Å². The molecule has 0 radical (unpaired) electrons. The summed E-state index contributed by atoms with van der Waals surface area (Å²) < 4.78 is 0. The molecule has 0 bridgehead atoms. The van der Waals surface area contributed by atoms with Crippen LogP contribution < -0.4 is 5.73 Å². The Bertz CT molecular complexity index is 395. The fourth-order valence-electron chi connectivity index (χ4n) is 1.94. The van der Waals surface area contributed by atoms with Gasteiger partial charge < -0.3 is 10.8 Å². The standard InChI is InChI=1S/C13H18ClNO2/c1-13(2,3)10(12(16)17)11(15)8-4-6-9(14)7-5-8/h4-7,10-11H,15H2,1-3H3,(H,16,17). The SMILES string of the molecule is CC(C)(C)C(C(=O)O)C(N)c1ccc(Cl)cc1. The topological polar surface area (TPSA) is 63.3 Å². The lowest BCUT2D eigenvalue weighted by molar-refractivity contribution is -0.146. The van der Waals surface area contributed by atoms with Gasteiger partial charge in [0.15, 0.2) is 0 Å². The van der Waals surface area contributed by atoms with Crippen molar-refractivity contribution >= 4 is 17.6 Å². The van der Waals surface area contributed by atoms with Crippen molar-refractivity contribution in [1.82, 2.24) is 0 Å². The molecule has 0 heterocycles. The molecule has 1 aromatic rings. The lowest BCUT2D eigenvalue weighted by Gasteiger charge is -2.32. The van der Waals surface area contributed by atoms with Crippen molar-refractivity contribution in [2.45, 2.75) is 26.8 Å². The van der Waals surface area contributed by atoms with E-state index in [2.05, 4.69) is 0 Å². The first-order chi connectivity index (χ1) is 7.73. The molecule has 4 heteroatoms. The molecule has 3 nitrogen and oxygen atoms in total. The average molecular weight is 256 g/mol. The number of halogens is 1. The summed E-state index contributed by atoms with van der Waals surface area (Å²) in [6.07, 6.45) is 0. The summed E-state index contributed by atoms with van der Waals surface area (Å²) in [5.74, 6) is -1.51. The van der Waals surface area contributed by atoms with Crippen LogP contribution in [0.3, 0.4) is 0 Å². The van der Waals surface area contributed by atoms with Crippen molar-refractivity contribution in [3.63, 3.8) is 0 Å². The molecular weight excluding hydrogens is 238 g/mol. The average Bonchev–Trinajstić information content (AvgIpc) is 2.15. The van der Waals surface area contributed by atoms with Gasteiger partial charge in [-0.05, 0) is 23.1 Å². The highest BCUT2D eigenvalue weighted by molar-refractivity contribution is 6.30. The number of carbonyl (C=O) groups is 1. The van der Waals surface area contributed by atoms with E-state index in [-0.39, 0.29) is 0 Å². The number of carboxylic acids is 1. The first kappa shape index (κ1) is 14.0. The summed E-state index contributed by atoms with van der Waals surface area (Å²) in [5.41, 5.74) is 6.44. The Kier molecular flexibility index (Phi) is 4.17. The summed E-state index contributed by atoms with van der Waals surface area (Å²) in [5, 5.41) is 9.90. The molecule has 17 heavy (non-hydrogen) atoms. The smallest absolute Gasteiger partial charge is 0.308 e. The van der Waals surface area contributed by atoms with Gasteiger partial charge in [-0.2, -0.15) is 0 Å². The number of aliphatic carboxylic acids is 1. The zero-order chi connectivity index (χ0) is 13.2. The Hall–Kier alpha value is -1.06. The summed E-state index contributed by atoms with van der Waals surface area (Å²) >= 11 is 5.79. The van der Waals surface area contributed by atoms with E-state index < -0.39 is 23.3 Å². The highest BCUT2D eigenvalue weighted by atomic mass is 35.5. The normalized spacial score (nSPS) is 15.4. The Labute approximate surface area is 107 Å². The second-order valence-corrected chi connectivity index (χ2v) is 5.70. The molecule has 3 N–H and O–H groups in total. The zero-order valence-electron chi connectivity index (χ0n) is 10.3. The molecule has 0 amide bonds. The van der Waals surface area contributed by atoms with E-state index in [1.165, 1.54) is 0 Å². The predicted octanol–water partition coefficient (Wildman–Crippen LogP) is 3.09. The zero-order valence-corrected chi connectivity index (χ0v) is 11.0. The molecule has 1 rings (SSSR count). The Morgan fingerprint density at radius 2 is 1.76 bits per heavy atom. The molecule has 1 aromatic carbocycles. The van der Waals surface area contributed by atoms with Crippen molar-refractivity contribution in [2.24, 2.45) is 17.1 Å². The maximum Gasteiger partial charge on any atom is 0.308 e. The van der Waals surface area contributed by atoms with Gasteiger partial charge in [0, 0.05) is 11.1 Å². The van der Waals surface area contributed by atoms with Crippen molar-refractivity contribution in [2.75, 3.05) is 0 Å². The van der Waals surface area contributed by atoms with Crippen LogP contribution in [0.25, 0.3) is 0 Å². The first-order valence-electron chi connectivity index (χ1n) is 5.47. The van der Waals surface area contributed by atoms with Crippen LogP contribution >= 0.6 is 11.6 Å². The molecule has 0 saturated heterocycles. The van der Waals surface area contributed by atoms with E-state index in [9.17, 15) is 9.90 Å². The van der Waals surface area contributed by atoms with E-state index in [1.54, 1.807) is 24.3 Å². The summed E-state index contributed by atoms with van der Waals surface area (Å²) in [6.45, 7) is 5.63. The van der Waals surface area contributed by atoms with Gasteiger partial charge >= 0.3 is 5.97 Å². The number of nitrogens with two attached hydrogens (primary N) is 1. The van der Waals surface area contributed by atoms with Crippen LogP contribution in [0.15, 0.2) is 24.3 Å². The van der Waals surface area contributed by atoms with Crippen LogP contribution in [0.1, 0.15) is 32.4 Å². The van der Waals surface area contributed by atoms with Crippen molar-refractivity contribution < 1.29 is 9.90 Å². The number of hydrogen-bond donors (Lipinski definition) is 2. The Morgan fingerprint density at radius 1 is 1.29 bits per heavy atom. The summed E-state index contributed by atoms with van der Waals surface area (Å²) in [4.78, 5) is 11.3. The molecule has 0 spiro atoms. The van der Waals surface area contributed by atoms with Crippen LogP contribution in [-0.4, -0.2) is 11.1 Å². The number of carboxylic acid groups (broad SMARTS) is 1. The Balaban J connectivity index is 3.04. The van der Waals surface area contributed by atoms with Crippen molar-refractivity contribution in [3.8, 4) is 0 Å². The molecule has 0 aromatic heterocycles. The molecule has 94 valence electrons. The van der Waals surface area contributed by atoms with Gasteiger partial charge in [0.05, 0.1) is 5.92 Å². The van der Waals surface area contributed by atoms with Gasteiger partial charge in [-0.15, -0.1) is 0 Å². The van der Waals surface area contributed by atoms with E-state index in [4.69, 9.17) is 17.3 Å². The summed E-state index contributed by atoms with van der Waals surface area (Å²) in [6, 6.07) is 6.45. The maximum absolute atomic E-state index is 11.3. The van der Waals surface area contributed by atoms with E-state index in [1.807, 2.05) is 20.8 Å². The number of hydrogen-bond acceptors (Lipinski definition) is 2. The van der Waals surface area contributed by atoms with Crippen LogP contribution in [0.4, 0.5) is 0 Å². The van der Waals surface area contributed by atoms with Gasteiger partial charge in [0.2, 0.25) is 0 Å². The van der Waals surface area contributed by atoms with Crippen LogP contribution in [0, 0.1) is 11.3 Å². The third-order valence-electron chi connectivity index (χ3n) is 2.81. The Morgan fingerprint density at radius 3 is 2.12 bits per heavy atom. The third kappa shape index (κ3) is 3.45. The monoisotopic (exact) mass is 255 g/mol. The van der Waals surface area contributed by atoms with Crippen molar-refractivity contribution in [3.05, 3.63) is 34.9 Å². The van der Waals surface area contributed by atoms with Gasteiger partial charge in [0.1, 0.15) is 0 Å². The molecule has 2 unspecified atom stereocenters. The van der Waals surface area contributed by atoms with Gasteiger partial charge in [-0.25, -0.2) is 0 Å². The highest BCUT2D eigenvalue weighted by Crippen LogP contribution is 2.35. The van der Waals surface area contributed by atoms with E-state index in [0.717, 1.165) is 5.56 Å². The molecule has 0 aliphatic carbocycles. The second-order valence-electron chi connectivity index (χ2n) is 5.26. The van der Waals surface area contributed by atoms with Gasteiger partial charge in [-0.3, -0.25) is 4.79 Å². The molecule has 0 aliphatic heterocycles. The van der Waals surface area contributed by atoms with Gasteiger partial charge in [-0.1, -0.05) is 44.5 Å². The van der Waals surface area contributed by atoms with Gasteiger partial charge in [0.25, 0.3) is 0 Å².